The first-order valence-corrected chi connectivity index (χ1v) is 8.95. The molecule has 1 unspecified atom stereocenters. The van der Waals surface area contributed by atoms with Gasteiger partial charge in [0.05, 0.1) is 12.8 Å². The van der Waals surface area contributed by atoms with Crippen molar-refractivity contribution in [3.8, 4) is 5.75 Å². The van der Waals surface area contributed by atoms with E-state index in [-0.39, 0.29) is 17.7 Å². The molecule has 0 radical (unpaired) electrons. The molecule has 0 saturated carbocycles. The van der Waals surface area contributed by atoms with Gasteiger partial charge in [-0.2, -0.15) is 5.10 Å². The molecule has 27 heavy (non-hydrogen) atoms. The summed E-state index contributed by atoms with van der Waals surface area (Å²) in [4.78, 5) is 23.7. The molecule has 2 aromatic carbocycles. The Morgan fingerprint density at radius 2 is 2.04 bits per heavy atom. The van der Waals surface area contributed by atoms with Crippen molar-refractivity contribution < 1.29 is 14.3 Å². The molecule has 0 bridgehead atoms. The number of ether oxygens (including phenoxy) is 1. The lowest BCUT2D eigenvalue weighted by molar-refractivity contribution is -0.121. The molecule has 0 spiro atoms. The van der Waals surface area contributed by atoms with Crippen LogP contribution in [-0.4, -0.2) is 31.2 Å². The minimum atomic E-state index is -0.114. The standard InChI is InChI=1S/C21H23N3O3/c1-14-12-19(25)23-24-20(14)16-6-8-17(9-7-16)21(26)22-11-10-15-4-3-5-18(13-15)27-2/h3-9,13-14H,10-12H2,1-2H3,(H,22,26)(H,23,25). The first-order valence-electron chi connectivity index (χ1n) is 8.95. The van der Waals surface area contributed by atoms with Gasteiger partial charge in [0.1, 0.15) is 5.75 Å². The van der Waals surface area contributed by atoms with Crippen LogP contribution in [0.15, 0.2) is 53.6 Å². The first-order chi connectivity index (χ1) is 13.1. The number of methoxy groups -OCH3 is 1. The summed E-state index contributed by atoms with van der Waals surface area (Å²) in [6.07, 6.45) is 1.15. The van der Waals surface area contributed by atoms with Crippen LogP contribution < -0.4 is 15.5 Å². The molecule has 3 rings (SSSR count). The van der Waals surface area contributed by atoms with Gasteiger partial charge >= 0.3 is 0 Å². The second-order valence-corrected chi connectivity index (χ2v) is 6.57. The van der Waals surface area contributed by atoms with E-state index in [4.69, 9.17) is 4.74 Å². The number of hydrogen-bond donors (Lipinski definition) is 2. The summed E-state index contributed by atoms with van der Waals surface area (Å²) in [5.41, 5.74) is 5.96. The van der Waals surface area contributed by atoms with Gasteiger partial charge in [-0.15, -0.1) is 0 Å². The number of carbonyl (C=O) groups excluding carboxylic acids is 2. The average molecular weight is 365 g/mol. The van der Waals surface area contributed by atoms with Crippen LogP contribution in [0.3, 0.4) is 0 Å². The predicted octanol–water partition coefficient (Wildman–Crippen LogP) is 2.53. The molecule has 0 aliphatic carbocycles. The van der Waals surface area contributed by atoms with Crippen LogP contribution in [0.4, 0.5) is 0 Å². The fraction of sp³-hybridized carbons (Fsp3) is 0.286. The van der Waals surface area contributed by atoms with Crippen molar-refractivity contribution in [2.24, 2.45) is 11.0 Å². The van der Waals surface area contributed by atoms with E-state index in [2.05, 4.69) is 15.8 Å². The van der Waals surface area contributed by atoms with Crippen molar-refractivity contribution in [1.29, 1.82) is 0 Å². The van der Waals surface area contributed by atoms with Gasteiger partial charge in [-0.25, -0.2) is 5.43 Å². The number of nitrogens with zero attached hydrogens (tertiary/aromatic N) is 1. The number of hydrazone groups is 1. The number of rotatable bonds is 6. The number of nitrogens with one attached hydrogen (secondary N) is 2. The van der Waals surface area contributed by atoms with Gasteiger partial charge in [-0.05, 0) is 41.8 Å². The minimum Gasteiger partial charge on any atom is -0.497 e. The topological polar surface area (TPSA) is 79.8 Å². The maximum Gasteiger partial charge on any atom is 0.251 e. The second-order valence-electron chi connectivity index (χ2n) is 6.57. The van der Waals surface area contributed by atoms with Crippen molar-refractivity contribution in [1.82, 2.24) is 10.7 Å². The van der Waals surface area contributed by atoms with Crippen LogP contribution in [0.25, 0.3) is 0 Å². The quantitative estimate of drug-likeness (QED) is 0.826. The summed E-state index contributed by atoms with van der Waals surface area (Å²) >= 11 is 0. The zero-order chi connectivity index (χ0) is 19.2. The van der Waals surface area contributed by atoms with Gasteiger partial charge in [0.15, 0.2) is 0 Å². The SMILES string of the molecule is COc1cccc(CCNC(=O)c2ccc(C3=NNC(=O)CC3C)cc2)c1. The molecule has 1 atom stereocenters. The van der Waals surface area contributed by atoms with E-state index in [0.717, 1.165) is 29.0 Å². The Morgan fingerprint density at radius 1 is 1.26 bits per heavy atom. The number of hydrogen-bond acceptors (Lipinski definition) is 4. The molecule has 2 N–H and O–H groups in total. The molecule has 2 amide bonds. The van der Waals surface area contributed by atoms with Gasteiger partial charge in [-0.3, -0.25) is 9.59 Å². The third-order valence-corrected chi connectivity index (χ3v) is 4.54. The molecule has 0 fully saturated rings. The molecule has 0 saturated heterocycles. The Kier molecular flexibility index (Phi) is 5.86. The normalized spacial score (nSPS) is 16.3. The highest BCUT2D eigenvalue weighted by atomic mass is 16.5. The first kappa shape index (κ1) is 18.6. The Morgan fingerprint density at radius 3 is 2.74 bits per heavy atom. The van der Waals surface area contributed by atoms with E-state index < -0.39 is 0 Å². The highest BCUT2D eigenvalue weighted by molar-refractivity contribution is 6.06. The van der Waals surface area contributed by atoms with Gasteiger partial charge in [0.25, 0.3) is 5.91 Å². The molecule has 6 heteroatoms. The highest BCUT2D eigenvalue weighted by Gasteiger charge is 2.21. The van der Waals surface area contributed by atoms with Crippen LogP contribution in [0.2, 0.25) is 0 Å². The van der Waals surface area contributed by atoms with Crippen molar-refractivity contribution >= 4 is 17.5 Å². The summed E-state index contributed by atoms with van der Waals surface area (Å²) in [5, 5.41) is 7.07. The van der Waals surface area contributed by atoms with Crippen molar-refractivity contribution in [2.75, 3.05) is 13.7 Å². The number of benzene rings is 2. The summed E-state index contributed by atoms with van der Waals surface area (Å²) in [6, 6.07) is 15.1. The molecule has 140 valence electrons. The fourth-order valence-corrected chi connectivity index (χ4v) is 3.05. The molecular formula is C21H23N3O3. The van der Waals surface area contributed by atoms with Crippen molar-refractivity contribution in [2.45, 2.75) is 19.8 Å². The smallest absolute Gasteiger partial charge is 0.251 e. The van der Waals surface area contributed by atoms with Gasteiger partial charge < -0.3 is 10.1 Å². The maximum absolute atomic E-state index is 12.3. The maximum atomic E-state index is 12.3. The lowest BCUT2D eigenvalue weighted by atomic mass is 9.93. The third-order valence-electron chi connectivity index (χ3n) is 4.54. The fourth-order valence-electron chi connectivity index (χ4n) is 3.05. The van der Waals surface area contributed by atoms with Crippen LogP contribution in [-0.2, 0) is 11.2 Å². The van der Waals surface area contributed by atoms with E-state index in [1.807, 2.05) is 43.3 Å². The summed E-state index contributed by atoms with van der Waals surface area (Å²) in [5.74, 6) is 0.682. The Bertz CT molecular complexity index is 859. The Balaban J connectivity index is 1.57. The van der Waals surface area contributed by atoms with Crippen LogP contribution >= 0.6 is 0 Å². The average Bonchev–Trinajstić information content (AvgIpc) is 2.68. The van der Waals surface area contributed by atoms with Gasteiger partial charge in [-0.1, -0.05) is 31.2 Å². The van der Waals surface area contributed by atoms with E-state index in [1.165, 1.54) is 0 Å². The highest BCUT2D eigenvalue weighted by Crippen LogP contribution is 2.17. The zero-order valence-electron chi connectivity index (χ0n) is 15.5. The zero-order valence-corrected chi connectivity index (χ0v) is 15.5. The summed E-state index contributed by atoms with van der Waals surface area (Å²) in [7, 11) is 1.64. The lowest BCUT2D eigenvalue weighted by Gasteiger charge is -2.19. The van der Waals surface area contributed by atoms with Crippen LogP contribution in [0, 0.1) is 5.92 Å². The Hall–Kier alpha value is -3.15. The molecule has 1 heterocycles. The molecule has 1 aliphatic heterocycles. The lowest BCUT2D eigenvalue weighted by Crippen LogP contribution is -2.32. The van der Waals surface area contributed by atoms with Crippen LogP contribution in [0.5, 0.6) is 5.75 Å². The largest absolute Gasteiger partial charge is 0.497 e. The number of carbonyl (C=O) groups is 2. The summed E-state index contributed by atoms with van der Waals surface area (Å²) < 4.78 is 5.21. The molecule has 0 aromatic heterocycles. The van der Waals surface area contributed by atoms with E-state index in [9.17, 15) is 9.59 Å². The van der Waals surface area contributed by atoms with Gasteiger partial charge in [0, 0.05) is 24.4 Å². The Labute approximate surface area is 158 Å². The second kappa shape index (κ2) is 8.49. The monoisotopic (exact) mass is 365 g/mol. The molecule has 2 aromatic rings. The van der Waals surface area contributed by atoms with Gasteiger partial charge in [0.2, 0.25) is 5.91 Å². The predicted molar refractivity (Wildman–Crippen MR) is 104 cm³/mol. The minimum absolute atomic E-state index is 0.0568. The van der Waals surface area contributed by atoms with E-state index >= 15 is 0 Å². The van der Waals surface area contributed by atoms with Crippen molar-refractivity contribution in [3.05, 3.63) is 65.2 Å². The van der Waals surface area contributed by atoms with Crippen molar-refractivity contribution in [3.63, 3.8) is 0 Å². The number of amides is 2. The van der Waals surface area contributed by atoms with E-state index in [0.29, 0.717) is 18.5 Å². The molecule has 1 aliphatic rings. The molecular weight excluding hydrogens is 342 g/mol. The molecule has 6 nitrogen and oxygen atoms in total. The summed E-state index contributed by atoms with van der Waals surface area (Å²) in [6.45, 7) is 2.51. The van der Waals surface area contributed by atoms with E-state index in [1.54, 1.807) is 19.2 Å². The van der Waals surface area contributed by atoms with Crippen LogP contribution in [0.1, 0.15) is 34.8 Å². The third kappa shape index (κ3) is 4.73.